The highest BCUT2D eigenvalue weighted by atomic mass is 16.5. The third kappa shape index (κ3) is 2.38. The number of ether oxygens (including phenoxy) is 1. The summed E-state index contributed by atoms with van der Waals surface area (Å²) in [4.78, 5) is 0. The number of aryl methyl sites for hydroxylation is 1. The molecule has 0 aliphatic carbocycles. The summed E-state index contributed by atoms with van der Waals surface area (Å²) in [6.07, 6.45) is 0. The van der Waals surface area contributed by atoms with Crippen molar-refractivity contribution < 1.29 is 14.4 Å². The third-order valence-corrected chi connectivity index (χ3v) is 2.88. The summed E-state index contributed by atoms with van der Waals surface area (Å²) in [5.74, 6) is 1.31. The number of hydrogen-bond acceptors (Lipinski definition) is 4. The Morgan fingerprint density at radius 3 is 2.58 bits per heavy atom. The summed E-state index contributed by atoms with van der Waals surface area (Å²) in [6, 6.07) is 13.1. The van der Waals surface area contributed by atoms with Gasteiger partial charge in [-0.15, -0.1) is 0 Å². The summed E-state index contributed by atoms with van der Waals surface area (Å²) < 4.78 is 10.5. The van der Waals surface area contributed by atoms with Gasteiger partial charge in [-0.05, 0) is 29.8 Å². The van der Waals surface area contributed by atoms with Gasteiger partial charge in [0.2, 0.25) is 0 Å². The van der Waals surface area contributed by atoms with E-state index in [1.807, 2.05) is 37.3 Å². The molecule has 1 aromatic heterocycles. The zero-order chi connectivity index (χ0) is 13.2. The van der Waals surface area contributed by atoms with Crippen molar-refractivity contribution in [3.63, 3.8) is 0 Å². The highest BCUT2D eigenvalue weighted by Crippen LogP contribution is 2.31. The maximum absolute atomic E-state index is 9.92. The van der Waals surface area contributed by atoms with Crippen LogP contribution in [0.5, 0.6) is 11.5 Å². The van der Waals surface area contributed by atoms with Crippen LogP contribution in [0.25, 0.3) is 10.8 Å². The van der Waals surface area contributed by atoms with Crippen LogP contribution in [0, 0.1) is 6.92 Å². The molecule has 0 atom stereocenters. The van der Waals surface area contributed by atoms with E-state index < -0.39 is 0 Å². The van der Waals surface area contributed by atoms with E-state index >= 15 is 0 Å². The van der Waals surface area contributed by atoms with E-state index in [0.717, 1.165) is 16.5 Å². The molecule has 4 heteroatoms. The highest BCUT2D eigenvalue weighted by molar-refractivity contribution is 5.85. The number of nitrogens with zero attached hydrogens (tertiary/aromatic N) is 1. The van der Waals surface area contributed by atoms with E-state index in [1.165, 1.54) is 0 Å². The van der Waals surface area contributed by atoms with Crippen molar-refractivity contribution in [1.29, 1.82) is 0 Å². The van der Waals surface area contributed by atoms with Crippen LogP contribution in [0.15, 0.2) is 47.0 Å². The zero-order valence-corrected chi connectivity index (χ0v) is 10.5. The Bertz CT molecular complexity index is 718. The fourth-order valence-electron chi connectivity index (χ4n) is 1.96. The highest BCUT2D eigenvalue weighted by Gasteiger charge is 2.07. The lowest BCUT2D eigenvalue weighted by Gasteiger charge is -2.08. The van der Waals surface area contributed by atoms with Gasteiger partial charge in [-0.1, -0.05) is 29.4 Å². The van der Waals surface area contributed by atoms with Gasteiger partial charge in [-0.25, -0.2) is 0 Å². The first-order valence-corrected chi connectivity index (χ1v) is 5.99. The molecule has 19 heavy (non-hydrogen) atoms. The lowest BCUT2D eigenvalue weighted by Crippen LogP contribution is -1.95. The molecule has 96 valence electrons. The smallest absolute Gasteiger partial charge is 0.162 e. The number of fused-ring (bicyclic) bond motifs is 1. The minimum Gasteiger partial charge on any atom is -0.504 e. The molecule has 2 aromatic carbocycles. The van der Waals surface area contributed by atoms with Crippen LogP contribution in [0.4, 0.5) is 0 Å². The Morgan fingerprint density at radius 1 is 1.16 bits per heavy atom. The fraction of sp³-hybridized carbons (Fsp3) is 0.133. The van der Waals surface area contributed by atoms with Crippen molar-refractivity contribution in [3.8, 4) is 11.5 Å². The second kappa shape index (κ2) is 4.65. The lowest BCUT2D eigenvalue weighted by atomic mass is 10.1. The molecule has 3 aromatic rings. The van der Waals surface area contributed by atoms with Gasteiger partial charge < -0.3 is 14.4 Å². The van der Waals surface area contributed by atoms with Gasteiger partial charge in [0.05, 0.1) is 0 Å². The van der Waals surface area contributed by atoms with Crippen molar-refractivity contribution in [2.75, 3.05) is 0 Å². The number of aromatic nitrogens is 1. The van der Waals surface area contributed by atoms with E-state index in [1.54, 1.807) is 12.1 Å². The summed E-state index contributed by atoms with van der Waals surface area (Å²) in [5.41, 5.74) is 0.699. The molecule has 1 N–H and O–H groups in total. The second-order valence-corrected chi connectivity index (χ2v) is 4.38. The van der Waals surface area contributed by atoms with Gasteiger partial charge >= 0.3 is 0 Å². The summed E-state index contributed by atoms with van der Waals surface area (Å²) in [6.45, 7) is 2.09. The summed E-state index contributed by atoms with van der Waals surface area (Å²) in [5, 5.41) is 15.8. The molecular weight excluding hydrogens is 242 g/mol. The molecule has 0 spiro atoms. The molecular formula is C15H13NO3. The van der Waals surface area contributed by atoms with Crippen molar-refractivity contribution in [1.82, 2.24) is 5.16 Å². The van der Waals surface area contributed by atoms with E-state index in [2.05, 4.69) is 5.16 Å². The van der Waals surface area contributed by atoms with Crippen LogP contribution in [0.2, 0.25) is 0 Å². The molecule has 0 saturated carbocycles. The summed E-state index contributed by atoms with van der Waals surface area (Å²) >= 11 is 0. The largest absolute Gasteiger partial charge is 0.504 e. The molecule has 0 amide bonds. The van der Waals surface area contributed by atoms with Crippen molar-refractivity contribution in [2.45, 2.75) is 13.5 Å². The van der Waals surface area contributed by atoms with E-state index in [0.29, 0.717) is 11.4 Å². The van der Waals surface area contributed by atoms with E-state index in [-0.39, 0.29) is 12.4 Å². The van der Waals surface area contributed by atoms with Gasteiger partial charge in [0.1, 0.15) is 18.1 Å². The first kappa shape index (κ1) is 11.6. The monoisotopic (exact) mass is 255 g/mol. The lowest BCUT2D eigenvalue weighted by molar-refractivity contribution is 0.275. The average Bonchev–Trinajstić information content (AvgIpc) is 2.82. The molecule has 0 aliphatic rings. The molecule has 3 rings (SSSR count). The van der Waals surface area contributed by atoms with Crippen LogP contribution in [-0.2, 0) is 6.61 Å². The SMILES string of the molecule is Cc1cc(COc2cc3ccccc3cc2O)no1. The van der Waals surface area contributed by atoms with Crippen molar-refractivity contribution in [3.05, 3.63) is 53.9 Å². The van der Waals surface area contributed by atoms with Crippen LogP contribution in [0.3, 0.4) is 0 Å². The molecule has 1 heterocycles. The third-order valence-electron chi connectivity index (χ3n) is 2.88. The predicted octanol–water partition coefficient (Wildman–Crippen LogP) is 3.42. The molecule has 0 unspecified atom stereocenters. The Morgan fingerprint density at radius 2 is 1.89 bits per heavy atom. The van der Waals surface area contributed by atoms with Crippen LogP contribution in [-0.4, -0.2) is 10.3 Å². The predicted molar refractivity (Wildman–Crippen MR) is 71.2 cm³/mol. The number of aromatic hydroxyl groups is 1. The van der Waals surface area contributed by atoms with Gasteiger partial charge in [-0.2, -0.15) is 0 Å². The normalized spacial score (nSPS) is 10.8. The molecule has 0 radical (unpaired) electrons. The zero-order valence-electron chi connectivity index (χ0n) is 10.5. The summed E-state index contributed by atoms with van der Waals surface area (Å²) in [7, 11) is 0. The Balaban J connectivity index is 1.86. The molecule has 0 fully saturated rings. The Hall–Kier alpha value is -2.49. The number of benzene rings is 2. The van der Waals surface area contributed by atoms with Crippen LogP contribution in [0.1, 0.15) is 11.5 Å². The fourth-order valence-corrected chi connectivity index (χ4v) is 1.96. The number of hydrogen-bond donors (Lipinski definition) is 1. The van der Waals surface area contributed by atoms with Gasteiger partial charge in [0, 0.05) is 6.07 Å². The topological polar surface area (TPSA) is 55.5 Å². The van der Waals surface area contributed by atoms with Gasteiger partial charge in [-0.3, -0.25) is 0 Å². The van der Waals surface area contributed by atoms with E-state index in [9.17, 15) is 5.11 Å². The van der Waals surface area contributed by atoms with Crippen LogP contribution < -0.4 is 4.74 Å². The first-order chi connectivity index (χ1) is 9.22. The maximum Gasteiger partial charge on any atom is 0.162 e. The quantitative estimate of drug-likeness (QED) is 0.779. The minimum absolute atomic E-state index is 0.124. The van der Waals surface area contributed by atoms with Crippen molar-refractivity contribution in [2.24, 2.45) is 0 Å². The standard InChI is InChI=1S/C15H13NO3/c1-10-6-13(16-19-10)9-18-15-8-12-5-3-2-4-11(12)7-14(15)17/h2-8,17H,9H2,1H3. The molecule has 0 saturated heterocycles. The van der Waals surface area contributed by atoms with E-state index in [4.69, 9.17) is 9.26 Å². The van der Waals surface area contributed by atoms with Gasteiger partial charge in [0.25, 0.3) is 0 Å². The Labute approximate surface area is 110 Å². The molecule has 0 bridgehead atoms. The molecule has 4 nitrogen and oxygen atoms in total. The average molecular weight is 255 g/mol. The number of rotatable bonds is 3. The molecule has 0 aliphatic heterocycles. The van der Waals surface area contributed by atoms with Gasteiger partial charge in [0.15, 0.2) is 11.5 Å². The minimum atomic E-state index is 0.124. The number of phenols is 1. The number of phenolic OH excluding ortho intramolecular Hbond substituents is 1. The second-order valence-electron chi connectivity index (χ2n) is 4.38. The van der Waals surface area contributed by atoms with Crippen LogP contribution >= 0.6 is 0 Å². The Kier molecular flexibility index (Phi) is 2.83. The van der Waals surface area contributed by atoms with Crippen molar-refractivity contribution >= 4 is 10.8 Å². The first-order valence-electron chi connectivity index (χ1n) is 5.99. The maximum atomic E-state index is 9.92.